The first-order valence-corrected chi connectivity index (χ1v) is 22.0. The number of nitrogens with one attached hydrogen (secondary N) is 1. The van der Waals surface area contributed by atoms with E-state index in [0.717, 1.165) is 101 Å². The van der Waals surface area contributed by atoms with E-state index in [1.807, 2.05) is 25.1 Å². The fourth-order valence-corrected chi connectivity index (χ4v) is 11.6. The van der Waals surface area contributed by atoms with Crippen molar-refractivity contribution in [2.24, 2.45) is 23.7 Å². The van der Waals surface area contributed by atoms with Gasteiger partial charge in [0.15, 0.2) is 0 Å². The van der Waals surface area contributed by atoms with E-state index < -0.39 is 21.2 Å². The molecule has 2 saturated carbocycles. The third-order valence-electron chi connectivity index (χ3n) is 13.2. The van der Waals surface area contributed by atoms with Crippen LogP contribution in [0.4, 0.5) is 5.69 Å². The van der Waals surface area contributed by atoms with Crippen LogP contribution in [0.3, 0.4) is 0 Å². The number of aryl methyl sites for hydroxylation is 1. The van der Waals surface area contributed by atoms with Crippen LogP contribution in [0.25, 0.3) is 0 Å². The zero-order chi connectivity index (χ0) is 36.7. The van der Waals surface area contributed by atoms with Gasteiger partial charge >= 0.3 is 0 Å². The lowest BCUT2D eigenvalue weighted by Gasteiger charge is -2.46. The first-order chi connectivity index (χ1) is 25.6. The Morgan fingerprint density at radius 1 is 1.09 bits per heavy atom. The number of hydrogen-bond donors (Lipinski definition) is 1. The van der Waals surface area contributed by atoms with Crippen LogP contribution < -0.4 is 14.4 Å². The number of hydrogen-bond acceptors (Lipinski definition) is 8. The Morgan fingerprint density at radius 2 is 1.92 bits per heavy atom. The van der Waals surface area contributed by atoms with E-state index in [0.29, 0.717) is 49.4 Å². The summed E-state index contributed by atoms with van der Waals surface area (Å²) in [4.78, 5) is 18.7. The van der Waals surface area contributed by atoms with Crippen molar-refractivity contribution in [1.29, 1.82) is 0 Å². The summed E-state index contributed by atoms with van der Waals surface area (Å²) in [6.07, 6.45) is 12.8. The molecule has 8 rings (SSSR count). The minimum atomic E-state index is -3.95. The van der Waals surface area contributed by atoms with Crippen LogP contribution in [0.1, 0.15) is 86.7 Å². The highest BCUT2D eigenvalue weighted by molar-refractivity contribution is 7.90. The number of rotatable bonds is 6. The van der Waals surface area contributed by atoms with Crippen LogP contribution in [0.2, 0.25) is 5.02 Å². The van der Waals surface area contributed by atoms with Crippen LogP contribution in [-0.4, -0.2) is 89.2 Å². The number of fused-ring (bicyclic) bond motifs is 4. The highest BCUT2D eigenvalue weighted by Gasteiger charge is 2.45. The molecular formula is C42H56ClN3O6S. The fourth-order valence-electron chi connectivity index (χ4n) is 9.68. The van der Waals surface area contributed by atoms with Crippen molar-refractivity contribution in [2.75, 3.05) is 57.5 Å². The quantitative estimate of drug-likeness (QED) is 0.322. The molecule has 3 aliphatic carbocycles. The Kier molecular flexibility index (Phi) is 10.9. The standard InChI is InChI=1S/C42H56ClN3O6S/c1-28-5-3-7-38(51-25-29(2)45-17-19-50-20-18-45)35-13-10-33(35)24-46-26-42(16-4-6-31-22-34(43)12-14-36(31)42)27-52-39-15-11-32(23-37(39)46)41(47)44-53(48,49)40(28)21-30-8-9-30/h3,7,11-12,14-15,22-23,28-30,33,35,38,40H,4-6,8-10,13,16-21,24-27H2,1-2H3,(H,44,47)/b7-3+/t28-,29-,33+,35-,38+,40+,42+/m1/s1. The molecular weight excluding hydrogens is 710 g/mol. The molecule has 53 heavy (non-hydrogen) atoms. The van der Waals surface area contributed by atoms with Crippen molar-refractivity contribution in [3.8, 4) is 5.75 Å². The van der Waals surface area contributed by atoms with Crippen molar-refractivity contribution in [3.05, 3.63) is 70.3 Å². The number of anilines is 1. The van der Waals surface area contributed by atoms with E-state index in [9.17, 15) is 13.2 Å². The van der Waals surface area contributed by atoms with Gasteiger partial charge in [-0.05, 0) is 117 Å². The lowest BCUT2D eigenvalue weighted by molar-refractivity contribution is -0.0499. The van der Waals surface area contributed by atoms with Gasteiger partial charge in [-0.1, -0.05) is 49.6 Å². The van der Waals surface area contributed by atoms with E-state index >= 15 is 0 Å². The number of morpholine rings is 1. The maximum atomic E-state index is 14.0. The lowest BCUT2D eigenvalue weighted by atomic mass is 9.68. The van der Waals surface area contributed by atoms with E-state index in [1.165, 1.54) is 11.1 Å². The molecule has 2 bridgehead atoms. The number of allylic oxidation sites excluding steroid dienone is 1. The molecule has 2 aromatic carbocycles. The maximum absolute atomic E-state index is 14.0. The minimum Gasteiger partial charge on any atom is -0.490 e. The van der Waals surface area contributed by atoms with Gasteiger partial charge in [0.2, 0.25) is 10.0 Å². The molecule has 288 valence electrons. The number of nitrogens with zero attached hydrogens (tertiary/aromatic N) is 2. The molecule has 9 nitrogen and oxygen atoms in total. The van der Waals surface area contributed by atoms with Crippen LogP contribution in [0, 0.1) is 23.7 Å². The van der Waals surface area contributed by atoms with Gasteiger partial charge in [0.1, 0.15) is 5.75 Å². The van der Waals surface area contributed by atoms with Gasteiger partial charge in [0.25, 0.3) is 5.91 Å². The summed E-state index contributed by atoms with van der Waals surface area (Å²) in [5, 5.41) is 0.0939. The van der Waals surface area contributed by atoms with Crippen molar-refractivity contribution in [2.45, 2.75) is 94.4 Å². The number of sulfonamides is 1. The van der Waals surface area contributed by atoms with Crippen molar-refractivity contribution in [1.82, 2.24) is 9.62 Å². The third-order valence-corrected chi connectivity index (χ3v) is 15.4. The molecule has 11 heteroatoms. The van der Waals surface area contributed by atoms with E-state index in [4.69, 9.17) is 25.8 Å². The molecule has 1 N–H and O–H groups in total. The van der Waals surface area contributed by atoms with E-state index in [2.05, 4.69) is 45.7 Å². The van der Waals surface area contributed by atoms with E-state index in [1.54, 1.807) is 6.07 Å². The number of amides is 1. The molecule has 7 atom stereocenters. The Bertz CT molecular complexity index is 1790. The zero-order valence-corrected chi connectivity index (χ0v) is 32.9. The molecule has 1 saturated heterocycles. The highest BCUT2D eigenvalue weighted by Crippen LogP contribution is 2.47. The third kappa shape index (κ3) is 8.04. The lowest BCUT2D eigenvalue weighted by Crippen LogP contribution is -2.50. The summed E-state index contributed by atoms with van der Waals surface area (Å²) >= 11 is 6.50. The number of carbonyl (C=O) groups excluding carboxylic acids is 1. The molecule has 3 heterocycles. The zero-order valence-electron chi connectivity index (χ0n) is 31.3. The summed E-state index contributed by atoms with van der Waals surface area (Å²) in [6, 6.07) is 12.0. The van der Waals surface area contributed by atoms with Crippen molar-refractivity contribution in [3.63, 3.8) is 0 Å². The predicted molar refractivity (Wildman–Crippen MR) is 208 cm³/mol. The van der Waals surface area contributed by atoms with Crippen molar-refractivity contribution >= 4 is 33.2 Å². The summed E-state index contributed by atoms with van der Waals surface area (Å²) in [6.45, 7) is 10.3. The topological polar surface area (TPSA) is 97.4 Å². The van der Waals surface area contributed by atoms with Gasteiger partial charge in [0, 0.05) is 48.2 Å². The van der Waals surface area contributed by atoms with Gasteiger partial charge in [-0.2, -0.15) is 0 Å². The predicted octanol–water partition coefficient (Wildman–Crippen LogP) is 6.77. The highest BCUT2D eigenvalue weighted by atomic mass is 35.5. The summed E-state index contributed by atoms with van der Waals surface area (Å²) in [7, 11) is -3.95. The molecule has 2 aromatic rings. The SMILES string of the molecule is C[C@@H]1C/C=C/[C@H](OC[C@@H](C)N2CCOCC2)[C@@H]2CC[C@H]2CN2C[C@@]3(CCCc4cc(Cl)ccc43)COc3ccc(cc32)C(=O)NS(=O)(=O)[C@H]1CC1CC1. The number of ether oxygens (including phenoxy) is 3. The monoisotopic (exact) mass is 765 g/mol. The largest absolute Gasteiger partial charge is 0.490 e. The first-order valence-electron chi connectivity index (χ1n) is 20.1. The minimum absolute atomic E-state index is 0.0731. The molecule has 6 aliphatic rings. The van der Waals surface area contributed by atoms with Gasteiger partial charge in [0.05, 0.1) is 43.5 Å². The van der Waals surface area contributed by atoms with Crippen LogP contribution >= 0.6 is 11.6 Å². The van der Waals surface area contributed by atoms with Gasteiger partial charge in [-0.3, -0.25) is 9.69 Å². The number of carbonyl (C=O) groups is 1. The van der Waals surface area contributed by atoms with Gasteiger partial charge in [-0.25, -0.2) is 13.1 Å². The van der Waals surface area contributed by atoms with Crippen LogP contribution in [0.15, 0.2) is 48.6 Å². The Hall–Kier alpha value is -2.63. The normalized spacial score (nSPS) is 33.0. The Labute approximate surface area is 320 Å². The Balaban J connectivity index is 1.15. The van der Waals surface area contributed by atoms with Gasteiger partial charge < -0.3 is 19.1 Å². The van der Waals surface area contributed by atoms with Crippen LogP contribution in [0.5, 0.6) is 5.75 Å². The van der Waals surface area contributed by atoms with Gasteiger partial charge in [-0.15, -0.1) is 0 Å². The van der Waals surface area contributed by atoms with Crippen LogP contribution in [-0.2, 0) is 31.3 Å². The number of halogens is 1. The van der Waals surface area contributed by atoms with Crippen molar-refractivity contribution < 1.29 is 27.4 Å². The summed E-state index contributed by atoms with van der Waals surface area (Å²) < 4.78 is 49.8. The summed E-state index contributed by atoms with van der Waals surface area (Å²) in [5.41, 5.74) is 3.50. The second-order valence-corrected chi connectivity index (χ2v) is 19.3. The maximum Gasteiger partial charge on any atom is 0.264 e. The second kappa shape index (κ2) is 15.5. The molecule has 0 unspecified atom stereocenters. The Morgan fingerprint density at radius 3 is 2.70 bits per heavy atom. The molecule has 3 aliphatic heterocycles. The molecule has 1 spiro atoms. The average Bonchev–Trinajstić information content (AvgIpc) is 3.98. The molecule has 1 amide bonds. The summed E-state index contributed by atoms with van der Waals surface area (Å²) in [5.74, 6) is 1.09. The second-order valence-electron chi connectivity index (χ2n) is 16.9. The molecule has 0 radical (unpaired) electrons. The fraction of sp³-hybridized carbons (Fsp3) is 0.643. The molecule has 0 aromatic heterocycles. The van der Waals surface area contributed by atoms with E-state index in [-0.39, 0.29) is 23.5 Å². The smallest absolute Gasteiger partial charge is 0.264 e. The molecule has 3 fully saturated rings. The number of benzene rings is 2. The first kappa shape index (κ1) is 37.3. The average molecular weight is 766 g/mol.